The monoisotopic (exact) mass is 284 g/mol. The minimum atomic E-state index is -0.478. The lowest BCUT2D eigenvalue weighted by Gasteiger charge is -2.12. The Kier molecular flexibility index (Phi) is 5.35. The molecule has 0 saturated heterocycles. The van der Waals surface area contributed by atoms with Crippen molar-refractivity contribution in [3.05, 3.63) is 54.6 Å². The van der Waals surface area contributed by atoms with E-state index in [2.05, 4.69) is 5.32 Å². The molecular weight excluding hydrogens is 264 g/mol. The van der Waals surface area contributed by atoms with Crippen LogP contribution >= 0.6 is 0 Å². The van der Waals surface area contributed by atoms with Gasteiger partial charge in [0.1, 0.15) is 11.5 Å². The summed E-state index contributed by atoms with van der Waals surface area (Å²) in [5.41, 5.74) is 6.47. The van der Waals surface area contributed by atoms with Crippen molar-refractivity contribution < 1.29 is 9.53 Å². The number of carbonyl (C=O) groups is 1. The fraction of sp³-hybridized carbons (Fsp3) is 0.235. The molecule has 0 aliphatic heterocycles. The summed E-state index contributed by atoms with van der Waals surface area (Å²) >= 11 is 0. The molecule has 0 aliphatic carbocycles. The molecule has 2 rings (SSSR count). The Balaban J connectivity index is 2.02. The van der Waals surface area contributed by atoms with Crippen molar-refractivity contribution in [1.29, 1.82) is 0 Å². The summed E-state index contributed by atoms with van der Waals surface area (Å²) in [5.74, 6) is 1.25. The molecule has 0 aliphatic rings. The molecule has 110 valence electrons. The van der Waals surface area contributed by atoms with Gasteiger partial charge in [0, 0.05) is 11.8 Å². The van der Waals surface area contributed by atoms with Crippen LogP contribution in [0.1, 0.15) is 19.8 Å². The van der Waals surface area contributed by atoms with Crippen LogP contribution in [0.4, 0.5) is 5.69 Å². The molecule has 0 spiro atoms. The summed E-state index contributed by atoms with van der Waals surface area (Å²) < 4.78 is 5.73. The van der Waals surface area contributed by atoms with Crippen molar-refractivity contribution in [1.82, 2.24) is 0 Å². The van der Waals surface area contributed by atoms with Gasteiger partial charge in [-0.25, -0.2) is 0 Å². The number of para-hydroxylation sites is 1. The fourth-order valence-electron chi connectivity index (χ4n) is 1.94. The zero-order chi connectivity index (χ0) is 15.1. The topological polar surface area (TPSA) is 64.4 Å². The minimum absolute atomic E-state index is 0.172. The first-order valence-corrected chi connectivity index (χ1v) is 7.08. The number of ether oxygens (including phenoxy) is 1. The van der Waals surface area contributed by atoms with Gasteiger partial charge < -0.3 is 15.8 Å². The normalized spacial score (nSPS) is 11.7. The van der Waals surface area contributed by atoms with Gasteiger partial charge in [-0.05, 0) is 30.7 Å². The van der Waals surface area contributed by atoms with Crippen LogP contribution in [0.25, 0.3) is 0 Å². The lowest BCUT2D eigenvalue weighted by Crippen LogP contribution is -2.35. The molecule has 21 heavy (non-hydrogen) atoms. The zero-order valence-electron chi connectivity index (χ0n) is 12.1. The minimum Gasteiger partial charge on any atom is -0.457 e. The smallest absolute Gasteiger partial charge is 0.241 e. The fourth-order valence-corrected chi connectivity index (χ4v) is 1.94. The van der Waals surface area contributed by atoms with Crippen molar-refractivity contribution >= 4 is 11.6 Å². The molecule has 0 saturated carbocycles. The Morgan fingerprint density at radius 2 is 1.86 bits per heavy atom. The number of anilines is 1. The average molecular weight is 284 g/mol. The molecule has 0 radical (unpaired) electrons. The van der Waals surface area contributed by atoms with Crippen LogP contribution in [-0.2, 0) is 4.79 Å². The first-order chi connectivity index (χ1) is 10.2. The molecule has 2 aromatic rings. The van der Waals surface area contributed by atoms with E-state index in [1.54, 1.807) is 6.07 Å². The van der Waals surface area contributed by atoms with Gasteiger partial charge in [-0.15, -0.1) is 0 Å². The standard InChI is InChI=1S/C17H20N2O2/c1-2-7-16(18)17(20)19-13-8-6-11-15(12-13)21-14-9-4-3-5-10-14/h3-6,8-12,16H,2,7,18H2,1H3,(H,19,20)/t16-/m1/s1. The second-order valence-electron chi connectivity index (χ2n) is 4.83. The highest BCUT2D eigenvalue weighted by atomic mass is 16.5. The van der Waals surface area contributed by atoms with Crippen molar-refractivity contribution in [3.8, 4) is 11.5 Å². The quantitative estimate of drug-likeness (QED) is 0.852. The van der Waals surface area contributed by atoms with Gasteiger partial charge >= 0.3 is 0 Å². The molecule has 4 heteroatoms. The first-order valence-electron chi connectivity index (χ1n) is 7.08. The maximum absolute atomic E-state index is 11.9. The van der Waals surface area contributed by atoms with E-state index in [0.717, 1.165) is 12.2 Å². The summed E-state index contributed by atoms with van der Waals surface area (Å²) in [5, 5.41) is 2.81. The van der Waals surface area contributed by atoms with Crippen LogP contribution in [-0.4, -0.2) is 11.9 Å². The molecular formula is C17H20N2O2. The molecule has 0 heterocycles. The number of amides is 1. The predicted molar refractivity (Wildman–Crippen MR) is 84.5 cm³/mol. The van der Waals surface area contributed by atoms with Gasteiger partial charge in [0.05, 0.1) is 6.04 Å². The van der Waals surface area contributed by atoms with E-state index in [1.165, 1.54) is 0 Å². The highest BCUT2D eigenvalue weighted by Crippen LogP contribution is 2.23. The number of hydrogen-bond acceptors (Lipinski definition) is 3. The van der Waals surface area contributed by atoms with Crippen molar-refractivity contribution in [2.45, 2.75) is 25.8 Å². The van der Waals surface area contributed by atoms with Gasteiger partial charge in [0.2, 0.25) is 5.91 Å². The average Bonchev–Trinajstić information content (AvgIpc) is 2.49. The lowest BCUT2D eigenvalue weighted by atomic mass is 10.1. The Bertz CT molecular complexity index is 584. The molecule has 1 atom stereocenters. The SMILES string of the molecule is CCC[C@@H](N)C(=O)Nc1cccc(Oc2ccccc2)c1. The number of benzene rings is 2. The highest BCUT2D eigenvalue weighted by molar-refractivity contribution is 5.94. The van der Waals surface area contributed by atoms with Gasteiger partial charge in [0.25, 0.3) is 0 Å². The number of rotatable bonds is 6. The second-order valence-corrected chi connectivity index (χ2v) is 4.83. The molecule has 0 bridgehead atoms. The van der Waals surface area contributed by atoms with E-state index in [0.29, 0.717) is 17.9 Å². The van der Waals surface area contributed by atoms with Crippen molar-refractivity contribution in [2.75, 3.05) is 5.32 Å². The molecule has 0 unspecified atom stereocenters. The van der Waals surface area contributed by atoms with E-state index in [1.807, 2.05) is 55.5 Å². The van der Waals surface area contributed by atoms with Crippen LogP contribution in [0.15, 0.2) is 54.6 Å². The van der Waals surface area contributed by atoms with Crippen LogP contribution in [0, 0.1) is 0 Å². The zero-order valence-corrected chi connectivity index (χ0v) is 12.1. The van der Waals surface area contributed by atoms with Gasteiger partial charge in [-0.3, -0.25) is 4.79 Å². The Morgan fingerprint density at radius 3 is 2.57 bits per heavy atom. The summed E-state index contributed by atoms with van der Waals surface area (Å²) in [6.07, 6.45) is 1.55. The van der Waals surface area contributed by atoms with Crippen LogP contribution in [0.5, 0.6) is 11.5 Å². The third-order valence-electron chi connectivity index (χ3n) is 3.02. The van der Waals surface area contributed by atoms with Gasteiger partial charge in [-0.1, -0.05) is 37.6 Å². The van der Waals surface area contributed by atoms with E-state index in [-0.39, 0.29) is 5.91 Å². The maximum atomic E-state index is 11.9. The molecule has 0 aromatic heterocycles. The van der Waals surface area contributed by atoms with Crippen LogP contribution in [0.3, 0.4) is 0 Å². The molecule has 0 fully saturated rings. The summed E-state index contributed by atoms with van der Waals surface area (Å²) in [7, 11) is 0. The number of nitrogens with one attached hydrogen (secondary N) is 1. The summed E-state index contributed by atoms with van der Waals surface area (Å²) in [4.78, 5) is 11.9. The van der Waals surface area contributed by atoms with Gasteiger partial charge in [-0.2, -0.15) is 0 Å². The predicted octanol–water partition coefficient (Wildman–Crippen LogP) is 3.54. The second kappa shape index (κ2) is 7.45. The largest absolute Gasteiger partial charge is 0.457 e. The van der Waals surface area contributed by atoms with Crippen molar-refractivity contribution in [3.63, 3.8) is 0 Å². The van der Waals surface area contributed by atoms with Gasteiger partial charge in [0.15, 0.2) is 0 Å². The van der Waals surface area contributed by atoms with E-state index < -0.39 is 6.04 Å². The highest BCUT2D eigenvalue weighted by Gasteiger charge is 2.12. The summed E-state index contributed by atoms with van der Waals surface area (Å²) in [6.45, 7) is 2.00. The number of nitrogens with two attached hydrogens (primary N) is 1. The number of carbonyl (C=O) groups excluding carboxylic acids is 1. The third-order valence-corrected chi connectivity index (χ3v) is 3.02. The summed E-state index contributed by atoms with van der Waals surface area (Å²) in [6, 6.07) is 16.3. The molecule has 4 nitrogen and oxygen atoms in total. The Hall–Kier alpha value is -2.33. The first kappa shape index (κ1) is 15.1. The maximum Gasteiger partial charge on any atom is 0.241 e. The third kappa shape index (κ3) is 4.61. The number of hydrogen-bond donors (Lipinski definition) is 2. The molecule has 3 N–H and O–H groups in total. The Morgan fingerprint density at radius 1 is 1.14 bits per heavy atom. The van der Waals surface area contributed by atoms with Crippen LogP contribution < -0.4 is 15.8 Å². The molecule has 2 aromatic carbocycles. The Labute approximate surface area is 124 Å². The lowest BCUT2D eigenvalue weighted by molar-refractivity contribution is -0.117. The van der Waals surface area contributed by atoms with E-state index in [9.17, 15) is 4.79 Å². The van der Waals surface area contributed by atoms with Crippen molar-refractivity contribution in [2.24, 2.45) is 5.73 Å². The van der Waals surface area contributed by atoms with E-state index in [4.69, 9.17) is 10.5 Å². The van der Waals surface area contributed by atoms with E-state index >= 15 is 0 Å². The molecule has 1 amide bonds. The van der Waals surface area contributed by atoms with Crippen LogP contribution in [0.2, 0.25) is 0 Å².